The Morgan fingerprint density at radius 2 is 2.14 bits per heavy atom. The van der Waals surface area contributed by atoms with E-state index in [1.807, 2.05) is 0 Å². The summed E-state index contributed by atoms with van der Waals surface area (Å²) in [6.07, 6.45) is 5.34. The molecule has 2 nitrogen and oxygen atoms in total. The second-order valence-electron chi connectivity index (χ2n) is 4.39. The predicted octanol–water partition coefficient (Wildman–Crippen LogP) is 2.25. The molecule has 2 atom stereocenters. The Labute approximate surface area is 89.1 Å². The van der Waals surface area contributed by atoms with Gasteiger partial charge in [0, 0.05) is 25.2 Å². The Kier molecular flexibility index (Phi) is 5.49. The monoisotopic (exact) mass is 198 g/mol. The van der Waals surface area contributed by atoms with Gasteiger partial charge in [-0.15, -0.1) is 0 Å². The molecule has 0 radical (unpaired) electrons. The Morgan fingerprint density at radius 1 is 1.36 bits per heavy atom. The number of nitrogens with one attached hydrogen (secondary N) is 1. The Morgan fingerprint density at radius 3 is 2.71 bits per heavy atom. The third-order valence-electron chi connectivity index (χ3n) is 3.32. The minimum absolute atomic E-state index is 0.755. The fraction of sp³-hybridized carbons (Fsp3) is 1.00. The van der Waals surface area contributed by atoms with Crippen molar-refractivity contribution < 1.29 is 0 Å². The van der Waals surface area contributed by atoms with Gasteiger partial charge in [-0.25, -0.2) is 0 Å². The standard InChI is InChI=1S/C12H26N2/c1-4-7-12(5-2)14-9-8-11(10-14)13-6-3/h11-13H,4-10H2,1-3H3. The second kappa shape index (κ2) is 6.41. The molecule has 1 saturated heterocycles. The molecule has 0 aromatic heterocycles. The Hall–Kier alpha value is -0.0800. The number of nitrogens with zero attached hydrogens (tertiary/aromatic N) is 1. The van der Waals surface area contributed by atoms with E-state index >= 15 is 0 Å². The lowest BCUT2D eigenvalue weighted by atomic mass is 10.1. The molecule has 2 heteroatoms. The van der Waals surface area contributed by atoms with Gasteiger partial charge in [0.15, 0.2) is 0 Å². The molecule has 1 heterocycles. The molecular formula is C12H26N2. The first-order valence-electron chi connectivity index (χ1n) is 6.29. The van der Waals surface area contributed by atoms with Gasteiger partial charge in [0.1, 0.15) is 0 Å². The van der Waals surface area contributed by atoms with Crippen molar-refractivity contribution in [3.63, 3.8) is 0 Å². The zero-order chi connectivity index (χ0) is 10.4. The number of hydrogen-bond acceptors (Lipinski definition) is 2. The molecular weight excluding hydrogens is 172 g/mol. The van der Waals surface area contributed by atoms with E-state index in [4.69, 9.17) is 0 Å². The van der Waals surface area contributed by atoms with E-state index in [-0.39, 0.29) is 0 Å². The smallest absolute Gasteiger partial charge is 0.0207 e. The van der Waals surface area contributed by atoms with Gasteiger partial charge in [-0.05, 0) is 25.8 Å². The molecule has 0 aromatic rings. The van der Waals surface area contributed by atoms with Gasteiger partial charge >= 0.3 is 0 Å². The summed E-state index contributed by atoms with van der Waals surface area (Å²) in [7, 11) is 0. The molecule has 84 valence electrons. The Balaban J connectivity index is 2.31. The highest BCUT2D eigenvalue weighted by Crippen LogP contribution is 2.18. The first-order chi connectivity index (χ1) is 6.81. The normalized spacial score (nSPS) is 25.5. The Bertz CT molecular complexity index is 147. The van der Waals surface area contributed by atoms with Gasteiger partial charge in [-0.1, -0.05) is 27.2 Å². The molecule has 0 aliphatic carbocycles. The van der Waals surface area contributed by atoms with Crippen molar-refractivity contribution in [1.82, 2.24) is 10.2 Å². The van der Waals surface area contributed by atoms with Crippen LogP contribution in [0, 0.1) is 0 Å². The van der Waals surface area contributed by atoms with Crippen LogP contribution in [0.5, 0.6) is 0 Å². The zero-order valence-corrected chi connectivity index (χ0v) is 10.1. The van der Waals surface area contributed by atoms with Crippen LogP contribution in [0.3, 0.4) is 0 Å². The average molecular weight is 198 g/mol. The second-order valence-corrected chi connectivity index (χ2v) is 4.39. The third-order valence-corrected chi connectivity index (χ3v) is 3.32. The minimum Gasteiger partial charge on any atom is -0.313 e. The van der Waals surface area contributed by atoms with Crippen molar-refractivity contribution in [2.24, 2.45) is 0 Å². The molecule has 14 heavy (non-hydrogen) atoms. The summed E-state index contributed by atoms with van der Waals surface area (Å²) in [6, 6.07) is 1.59. The molecule has 0 spiro atoms. The van der Waals surface area contributed by atoms with Crippen LogP contribution in [-0.4, -0.2) is 36.6 Å². The number of hydrogen-bond donors (Lipinski definition) is 1. The predicted molar refractivity (Wildman–Crippen MR) is 62.6 cm³/mol. The maximum absolute atomic E-state index is 3.55. The van der Waals surface area contributed by atoms with Gasteiger partial charge in [-0.3, -0.25) is 4.90 Å². The molecule has 1 rings (SSSR count). The van der Waals surface area contributed by atoms with Crippen molar-refractivity contribution in [3.05, 3.63) is 0 Å². The molecule has 1 aliphatic heterocycles. The van der Waals surface area contributed by atoms with Crippen molar-refractivity contribution >= 4 is 0 Å². The average Bonchev–Trinajstić information content (AvgIpc) is 2.63. The van der Waals surface area contributed by atoms with E-state index < -0.39 is 0 Å². The van der Waals surface area contributed by atoms with Crippen LogP contribution in [0.1, 0.15) is 46.5 Å². The topological polar surface area (TPSA) is 15.3 Å². The summed E-state index contributed by atoms with van der Waals surface area (Å²) in [6.45, 7) is 10.5. The van der Waals surface area contributed by atoms with E-state index in [1.165, 1.54) is 38.8 Å². The highest BCUT2D eigenvalue weighted by Gasteiger charge is 2.25. The van der Waals surface area contributed by atoms with Crippen molar-refractivity contribution in [3.8, 4) is 0 Å². The van der Waals surface area contributed by atoms with Crippen molar-refractivity contribution in [2.45, 2.75) is 58.5 Å². The first kappa shape index (κ1) is 12.0. The summed E-state index contributed by atoms with van der Waals surface area (Å²) in [4.78, 5) is 2.68. The summed E-state index contributed by atoms with van der Waals surface area (Å²) < 4.78 is 0. The molecule has 0 bridgehead atoms. The van der Waals surface area contributed by atoms with Gasteiger partial charge < -0.3 is 5.32 Å². The van der Waals surface area contributed by atoms with Crippen LogP contribution in [0.15, 0.2) is 0 Å². The lowest BCUT2D eigenvalue weighted by molar-refractivity contribution is 0.218. The van der Waals surface area contributed by atoms with Gasteiger partial charge in [0.2, 0.25) is 0 Å². The fourth-order valence-electron chi connectivity index (χ4n) is 2.55. The lowest BCUT2D eigenvalue weighted by Crippen LogP contribution is -2.37. The van der Waals surface area contributed by atoms with Crippen LogP contribution in [0.25, 0.3) is 0 Å². The quantitative estimate of drug-likeness (QED) is 0.704. The van der Waals surface area contributed by atoms with E-state index in [0.29, 0.717) is 0 Å². The zero-order valence-electron chi connectivity index (χ0n) is 10.1. The van der Waals surface area contributed by atoms with E-state index in [9.17, 15) is 0 Å². The number of likely N-dealkylation sites (N-methyl/N-ethyl adjacent to an activating group) is 1. The highest BCUT2D eigenvalue weighted by atomic mass is 15.2. The van der Waals surface area contributed by atoms with Crippen LogP contribution in [0.4, 0.5) is 0 Å². The largest absolute Gasteiger partial charge is 0.313 e. The maximum atomic E-state index is 3.55. The summed E-state index contributed by atoms with van der Waals surface area (Å²) in [5.74, 6) is 0. The van der Waals surface area contributed by atoms with Crippen LogP contribution in [-0.2, 0) is 0 Å². The fourth-order valence-corrected chi connectivity index (χ4v) is 2.55. The summed E-state index contributed by atoms with van der Waals surface area (Å²) in [5.41, 5.74) is 0. The molecule has 0 aromatic carbocycles. The summed E-state index contributed by atoms with van der Waals surface area (Å²) in [5, 5.41) is 3.55. The van der Waals surface area contributed by atoms with E-state index in [1.54, 1.807) is 0 Å². The van der Waals surface area contributed by atoms with Crippen molar-refractivity contribution in [1.29, 1.82) is 0 Å². The SMILES string of the molecule is CCCC(CC)N1CCC(NCC)C1. The van der Waals surface area contributed by atoms with E-state index in [0.717, 1.165) is 18.6 Å². The lowest BCUT2D eigenvalue weighted by Gasteiger charge is -2.26. The third kappa shape index (κ3) is 3.25. The minimum atomic E-state index is 0.755. The molecule has 1 aliphatic rings. The van der Waals surface area contributed by atoms with Gasteiger partial charge in [0.05, 0.1) is 0 Å². The van der Waals surface area contributed by atoms with Crippen LogP contribution >= 0.6 is 0 Å². The van der Waals surface area contributed by atoms with Crippen molar-refractivity contribution in [2.75, 3.05) is 19.6 Å². The van der Waals surface area contributed by atoms with E-state index in [2.05, 4.69) is 31.0 Å². The van der Waals surface area contributed by atoms with Gasteiger partial charge in [-0.2, -0.15) is 0 Å². The molecule has 1 N–H and O–H groups in total. The molecule has 0 saturated carbocycles. The molecule has 0 amide bonds. The van der Waals surface area contributed by atoms with Crippen LogP contribution < -0.4 is 5.32 Å². The summed E-state index contributed by atoms with van der Waals surface area (Å²) >= 11 is 0. The number of likely N-dealkylation sites (tertiary alicyclic amines) is 1. The molecule has 2 unspecified atom stereocenters. The van der Waals surface area contributed by atoms with Gasteiger partial charge in [0.25, 0.3) is 0 Å². The number of rotatable bonds is 6. The first-order valence-corrected chi connectivity index (χ1v) is 6.29. The highest BCUT2D eigenvalue weighted by molar-refractivity contribution is 4.84. The molecule has 1 fully saturated rings. The van der Waals surface area contributed by atoms with Crippen LogP contribution in [0.2, 0.25) is 0 Å². The maximum Gasteiger partial charge on any atom is 0.0207 e.